The van der Waals surface area contributed by atoms with Crippen LogP contribution >= 0.6 is 0 Å². The number of anilines is 1. The van der Waals surface area contributed by atoms with E-state index in [2.05, 4.69) is 9.97 Å². The molecule has 0 fully saturated rings. The van der Waals surface area contributed by atoms with Crippen molar-refractivity contribution in [2.75, 3.05) is 24.6 Å². The Morgan fingerprint density at radius 3 is 2.77 bits per heavy atom. The van der Waals surface area contributed by atoms with Crippen LogP contribution in [0, 0.1) is 0 Å². The molecular formula is C22H22N4O4. The third-order valence-electron chi connectivity index (χ3n) is 5.09. The monoisotopic (exact) mass is 406 g/mol. The van der Waals surface area contributed by atoms with Crippen LogP contribution in [0.25, 0.3) is 10.9 Å². The van der Waals surface area contributed by atoms with Gasteiger partial charge < -0.3 is 19.5 Å². The minimum absolute atomic E-state index is 0.0368. The lowest BCUT2D eigenvalue weighted by Gasteiger charge is -2.30. The van der Waals surface area contributed by atoms with Crippen LogP contribution in [-0.4, -0.2) is 46.4 Å². The molecule has 8 nitrogen and oxygen atoms in total. The molecule has 0 spiro atoms. The Labute approximate surface area is 173 Å². The molecule has 0 saturated heterocycles. The summed E-state index contributed by atoms with van der Waals surface area (Å²) >= 11 is 0. The number of nitrogens with zero attached hydrogens (tertiary/aromatic N) is 3. The van der Waals surface area contributed by atoms with Crippen LogP contribution in [0.2, 0.25) is 0 Å². The van der Waals surface area contributed by atoms with Crippen LogP contribution in [0.4, 0.5) is 5.69 Å². The number of amides is 2. The number of benzene rings is 2. The number of hydrogen-bond donors (Lipinski definition) is 1. The summed E-state index contributed by atoms with van der Waals surface area (Å²) in [6, 6.07) is 14.4. The van der Waals surface area contributed by atoms with Crippen LogP contribution in [0.15, 0.2) is 53.3 Å². The number of H-pyrrole nitrogens is 1. The van der Waals surface area contributed by atoms with Crippen LogP contribution in [0.3, 0.4) is 0 Å². The first-order valence-electron chi connectivity index (χ1n) is 9.84. The van der Waals surface area contributed by atoms with Gasteiger partial charge in [-0.05, 0) is 31.2 Å². The molecule has 0 bridgehead atoms. The Hall–Kier alpha value is -3.68. The van der Waals surface area contributed by atoms with Gasteiger partial charge in [0, 0.05) is 19.5 Å². The highest BCUT2D eigenvalue weighted by atomic mass is 16.5. The van der Waals surface area contributed by atoms with Gasteiger partial charge in [0.1, 0.15) is 11.6 Å². The van der Waals surface area contributed by atoms with E-state index in [4.69, 9.17) is 4.74 Å². The molecule has 0 radical (unpaired) electrons. The SMILES string of the molecule is CCN(Cc1nc2ccccc2c(=O)[nH]1)C(=O)CCN1C(=O)COc2ccccc21. The second-order valence-corrected chi connectivity index (χ2v) is 6.99. The number of ether oxygens (including phenoxy) is 1. The number of fused-ring (bicyclic) bond motifs is 2. The largest absolute Gasteiger partial charge is 0.482 e. The standard InChI is InChI=1S/C22H22N4O4/c1-2-25(13-19-23-16-8-4-3-7-15(16)22(29)24-19)20(27)11-12-26-17-9-5-6-10-18(17)30-14-21(26)28/h3-10H,2,11-14H2,1H3,(H,23,24,29). The average Bonchev–Trinajstić information content (AvgIpc) is 2.76. The molecule has 0 atom stereocenters. The number of aromatic nitrogens is 2. The Bertz CT molecular complexity index is 1160. The molecule has 30 heavy (non-hydrogen) atoms. The summed E-state index contributed by atoms with van der Waals surface area (Å²) in [6.45, 7) is 2.75. The molecule has 2 amide bonds. The van der Waals surface area contributed by atoms with Crippen molar-refractivity contribution in [1.29, 1.82) is 0 Å². The first-order chi connectivity index (χ1) is 14.6. The summed E-state index contributed by atoms with van der Waals surface area (Å²) in [5, 5.41) is 0.514. The van der Waals surface area contributed by atoms with Gasteiger partial charge in [-0.25, -0.2) is 4.98 Å². The van der Waals surface area contributed by atoms with Gasteiger partial charge in [0.2, 0.25) is 5.91 Å². The number of rotatable bonds is 6. The highest BCUT2D eigenvalue weighted by Gasteiger charge is 2.26. The molecule has 4 rings (SSSR count). The minimum Gasteiger partial charge on any atom is -0.482 e. The minimum atomic E-state index is -0.227. The van der Waals surface area contributed by atoms with Gasteiger partial charge in [-0.3, -0.25) is 14.4 Å². The summed E-state index contributed by atoms with van der Waals surface area (Å²) in [5.41, 5.74) is 1.04. The molecule has 3 aromatic rings. The number of carbonyl (C=O) groups excluding carboxylic acids is 2. The fourth-order valence-corrected chi connectivity index (χ4v) is 3.53. The third-order valence-corrected chi connectivity index (χ3v) is 5.09. The van der Waals surface area contributed by atoms with E-state index in [0.29, 0.717) is 34.7 Å². The van der Waals surface area contributed by atoms with E-state index >= 15 is 0 Å². The molecule has 1 N–H and O–H groups in total. The van der Waals surface area contributed by atoms with Crippen LogP contribution in [-0.2, 0) is 16.1 Å². The second kappa shape index (κ2) is 8.36. The van der Waals surface area contributed by atoms with Gasteiger partial charge in [-0.2, -0.15) is 0 Å². The van der Waals surface area contributed by atoms with Crippen molar-refractivity contribution in [3.8, 4) is 5.75 Å². The van der Waals surface area contributed by atoms with Gasteiger partial charge >= 0.3 is 0 Å². The maximum atomic E-state index is 12.8. The van der Waals surface area contributed by atoms with E-state index in [9.17, 15) is 14.4 Å². The third kappa shape index (κ3) is 3.89. The number of aromatic amines is 1. The highest BCUT2D eigenvalue weighted by Crippen LogP contribution is 2.31. The number of para-hydroxylation sites is 3. The number of hydrogen-bond acceptors (Lipinski definition) is 5. The van der Waals surface area contributed by atoms with E-state index < -0.39 is 0 Å². The van der Waals surface area contributed by atoms with Crippen LogP contribution in [0.5, 0.6) is 5.75 Å². The fourth-order valence-electron chi connectivity index (χ4n) is 3.53. The van der Waals surface area contributed by atoms with Crippen molar-refractivity contribution in [2.24, 2.45) is 0 Å². The van der Waals surface area contributed by atoms with Crippen LogP contribution < -0.4 is 15.2 Å². The van der Waals surface area contributed by atoms with E-state index in [1.54, 1.807) is 40.1 Å². The normalized spacial score (nSPS) is 13.1. The zero-order chi connectivity index (χ0) is 21.1. The topological polar surface area (TPSA) is 95.6 Å². The zero-order valence-electron chi connectivity index (χ0n) is 16.6. The highest BCUT2D eigenvalue weighted by molar-refractivity contribution is 5.98. The molecule has 2 heterocycles. The fraction of sp³-hybridized carbons (Fsp3) is 0.273. The lowest BCUT2D eigenvalue weighted by atomic mass is 10.2. The van der Waals surface area contributed by atoms with Crippen molar-refractivity contribution in [1.82, 2.24) is 14.9 Å². The summed E-state index contributed by atoms with van der Waals surface area (Å²) in [6.07, 6.45) is 0.158. The van der Waals surface area contributed by atoms with Gasteiger partial charge in [0.15, 0.2) is 6.61 Å². The lowest BCUT2D eigenvalue weighted by molar-refractivity contribution is -0.131. The van der Waals surface area contributed by atoms with Gasteiger partial charge in [0.05, 0.1) is 23.1 Å². The maximum Gasteiger partial charge on any atom is 0.265 e. The van der Waals surface area contributed by atoms with E-state index in [1.165, 1.54) is 0 Å². The lowest BCUT2D eigenvalue weighted by Crippen LogP contribution is -2.41. The zero-order valence-corrected chi connectivity index (χ0v) is 16.6. The van der Waals surface area contributed by atoms with Gasteiger partial charge in [0.25, 0.3) is 11.5 Å². The quantitative estimate of drug-likeness (QED) is 0.676. The summed E-state index contributed by atoms with van der Waals surface area (Å²) in [7, 11) is 0. The molecule has 0 aliphatic carbocycles. The summed E-state index contributed by atoms with van der Waals surface area (Å²) in [5.74, 6) is 0.770. The average molecular weight is 406 g/mol. The second-order valence-electron chi connectivity index (χ2n) is 6.99. The van der Waals surface area contributed by atoms with Crippen molar-refractivity contribution >= 4 is 28.4 Å². The molecule has 1 aliphatic heterocycles. The van der Waals surface area contributed by atoms with Crippen LogP contribution in [0.1, 0.15) is 19.2 Å². The van der Waals surface area contributed by atoms with E-state index in [0.717, 1.165) is 0 Å². The smallest absolute Gasteiger partial charge is 0.265 e. The van der Waals surface area contributed by atoms with Crippen molar-refractivity contribution in [3.05, 3.63) is 64.7 Å². The Kier molecular flexibility index (Phi) is 5.47. The predicted molar refractivity (Wildman–Crippen MR) is 112 cm³/mol. The Balaban J connectivity index is 1.46. The number of carbonyl (C=O) groups is 2. The summed E-state index contributed by atoms with van der Waals surface area (Å²) < 4.78 is 5.44. The van der Waals surface area contributed by atoms with E-state index in [-0.39, 0.29) is 43.5 Å². The van der Waals surface area contributed by atoms with E-state index in [1.807, 2.05) is 25.1 Å². The molecule has 1 aromatic heterocycles. The van der Waals surface area contributed by atoms with Gasteiger partial charge in [-0.15, -0.1) is 0 Å². The summed E-state index contributed by atoms with van der Waals surface area (Å²) in [4.78, 5) is 47.8. The molecule has 0 unspecified atom stereocenters. The molecule has 154 valence electrons. The van der Waals surface area contributed by atoms with Crippen molar-refractivity contribution in [3.63, 3.8) is 0 Å². The van der Waals surface area contributed by atoms with Crippen molar-refractivity contribution < 1.29 is 14.3 Å². The van der Waals surface area contributed by atoms with Crippen molar-refractivity contribution in [2.45, 2.75) is 19.9 Å². The molecule has 8 heteroatoms. The Morgan fingerprint density at radius 2 is 1.93 bits per heavy atom. The first kappa shape index (κ1) is 19.6. The maximum absolute atomic E-state index is 12.8. The molecular weight excluding hydrogens is 384 g/mol. The first-order valence-corrected chi connectivity index (χ1v) is 9.84. The molecule has 0 saturated carbocycles. The number of nitrogens with one attached hydrogen (secondary N) is 1. The van der Waals surface area contributed by atoms with Gasteiger partial charge in [-0.1, -0.05) is 24.3 Å². The molecule has 1 aliphatic rings. The Morgan fingerprint density at radius 1 is 1.17 bits per heavy atom. The predicted octanol–water partition coefficient (Wildman–Crippen LogP) is 2.09. The molecule has 2 aromatic carbocycles.